The summed E-state index contributed by atoms with van der Waals surface area (Å²) in [4.78, 5) is 37.6. The number of hydrogen-bond acceptors (Lipinski definition) is 8. The topological polar surface area (TPSA) is 111 Å². The fourth-order valence-corrected chi connectivity index (χ4v) is 6.52. The summed E-state index contributed by atoms with van der Waals surface area (Å²) >= 11 is 0. The van der Waals surface area contributed by atoms with Crippen molar-refractivity contribution < 1.29 is 42.1 Å². The summed E-state index contributed by atoms with van der Waals surface area (Å²) in [6, 6.07) is 0. The minimum atomic E-state index is -4.65. The smallest absolute Gasteiger partial charge is 0.306 e. The Kier molecular flexibility index (Phi) is 39.6. The zero-order chi connectivity index (χ0) is 44.3. The molecule has 0 saturated carbocycles. The van der Waals surface area contributed by atoms with E-state index < -0.39 is 32.5 Å². The number of carbonyl (C=O) groups excluding carboxylic acids is 2. The lowest BCUT2D eigenvalue weighted by atomic mass is 10.1. The number of likely N-dealkylation sites (N-methyl/N-ethyl adjacent to an activating group) is 1. The van der Waals surface area contributed by atoms with Crippen molar-refractivity contribution in [2.24, 2.45) is 0 Å². The van der Waals surface area contributed by atoms with Crippen molar-refractivity contribution in [1.82, 2.24) is 0 Å². The molecule has 2 unspecified atom stereocenters. The third-order valence-electron chi connectivity index (χ3n) is 9.41. The molecule has 0 saturated heterocycles. The van der Waals surface area contributed by atoms with Crippen molar-refractivity contribution in [1.29, 1.82) is 0 Å². The second-order valence-corrected chi connectivity index (χ2v) is 17.8. The summed E-state index contributed by atoms with van der Waals surface area (Å²) in [6.45, 7) is 4.00. The molecule has 10 heteroatoms. The number of unbranched alkanes of at least 4 members (excludes halogenated alkanes) is 13. The fourth-order valence-electron chi connectivity index (χ4n) is 5.79. The Morgan fingerprint density at radius 2 is 0.983 bits per heavy atom. The highest BCUT2D eigenvalue weighted by molar-refractivity contribution is 7.45. The zero-order valence-corrected chi connectivity index (χ0v) is 39.5. The first kappa shape index (κ1) is 57.2. The molecule has 2 atom stereocenters. The molecule has 0 amide bonds. The number of phosphoric ester groups is 1. The first-order valence-electron chi connectivity index (χ1n) is 23.3. The number of rotatable bonds is 41. The molecular formula is C50H86NO8P. The van der Waals surface area contributed by atoms with Crippen molar-refractivity contribution in [3.8, 4) is 0 Å². The maximum absolute atomic E-state index is 12.7. The van der Waals surface area contributed by atoms with Gasteiger partial charge in [0.2, 0.25) is 0 Å². The summed E-state index contributed by atoms with van der Waals surface area (Å²) in [7, 11) is 1.10. The van der Waals surface area contributed by atoms with E-state index in [1.165, 1.54) is 64.2 Å². The Labute approximate surface area is 367 Å². The van der Waals surface area contributed by atoms with Gasteiger partial charge >= 0.3 is 11.9 Å². The van der Waals surface area contributed by atoms with Gasteiger partial charge in [0.1, 0.15) is 19.8 Å². The molecule has 0 rings (SSSR count). The molecule has 0 aromatic carbocycles. The monoisotopic (exact) mass is 860 g/mol. The molecular weight excluding hydrogens is 774 g/mol. The first-order valence-corrected chi connectivity index (χ1v) is 24.8. The molecule has 0 aliphatic rings. The minimum absolute atomic E-state index is 0.0492. The summed E-state index contributed by atoms with van der Waals surface area (Å²) in [5.74, 6) is -0.943. The number of ether oxygens (including phenoxy) is 2. The predicted molar refractivity (Wildman–Crippen MR) is 249 cm³/mol. The molecule has 0 N–H and O–H groups in total. The van der Waals surface area contributed by atoms with Crippen LogP contribution in [0, 0.1) is 0 Å². The van der Waals surface area contributed by atoms with E-state index in [-0.39, 0.29) is 26.1 Å². The van der Waals surface area contributed by atoms with Gasteiger partial charge in [-0.05, 0) is 77.0 Å². The molecule has 9 nitrogen and oxygen atoms in total. The van der Waals surface area contributed by atoms with Crippen LogP contribution in [0.3, 0.4) is 0 Å². The molecule has 0 aliphatic carbocycles. The molecule has 0 radical (unpaired) electrons. The lowest BCUT2D eigenvalue weighted by molar-refractivity contribution is -0.870. The fraction of sp³-hybridized carbons (Fsp3) is 0.680. The van der Waals surface area contributed by atoms with Crippen molar-refractivity contribution in [3.05, 3.63) is 85.1 Å². The van der Waals surface area contributed by atoms with Gasteiger partial charge in [-0.15, -0.1) is 0 Å². The second kappa shape index (κ2) is 41.5. The van der Waals surface area contributed by atoms with Crippen LogP contribution in [-0.4, -0.2) is 70.0 Å². The largest absolute Gasteiger partial charge is 0.756 e. The molecule has 0 aromatic heterocycles. The van der Waals surface area contributed by atoms with Gasteiger partial charge in [0.25, 0.3) is 7.82 Å². The van der Waals surface area contributed by atoms with E-state index in [9.17, 15) is 19.0 Å². The number of quaternary nitrogens is 1. The van der Waals surface area contributed by atoms with E-state index in [4.69, 9.17) is 18.5 Å². The first-order chi connectivity index (χ1) is 29.0. The van der Waals surface area contributed by atoms with E-state index in [0.717, 1.165) is 64.2 Å². The molecule has 0 bridgehead atoms. The summed E-state index contributed by atoms with van der Waals surface area (Å²) in [5, 5.41) is 0. The summed E-state index contributed by atoms with van der Waals surface area (Å²) in [6.07, 6.45) is 53.4. The van der Waals surface area contributed by atoms with Gasteiger partial charge in [0.15, 0.2) is 6.10 Å². The van der Waals surface area contributed by atoms with Gasteiger partial charge in [-0.1, -0.05) is 163 Å². The Bertz CT molecular complexity index is 1290. The normalized spacial score (nSPS) is 14.3. The van der Waals surface area contributed by atoms with Crippen LogP contribution in [0.25, 0.3) is 0 Å². The van der Waals surface area contributed by atoms with Gasteiger partial charge in [0.05, 0.1) is 27.7 Å². The van der Waals surface area contributed by atoms with Crippen LogP contribution in [0.5, 0.6) is 0 Å². The number of carbonyl (C=O) groups is 2. The van der Waals surface area contributed by atoms with Crippen LogP contribution in [0.2, 0.25) is 0 Å². The predicted octanol–water partition coefficient (Wildman–Crippen LogP) is 12.9. The highest BCUT2D eigenvalue weighted by Crippen LogP contribution is 2.38. The second-order valence-electron chi connectivity index (χ2n) is 16.4. The maximum Gasteiger partial charge on any atom is 0.306 e. The number of phosphoric acid groups is 1. The van der Waals surface area contributed by atoms with E-state index in [1.54, 1.807) is 0 Å². The molecule has 0 fully saturated rings. The van der Waals surface area contributed by atoms with Crippen LogP contribution in [0.15, 0.2) is 85.1 Å². The van der Waals surface area contributed by atoms with Crippen molar-refractivity contribution in [3.63, 3.8) is 0 Å². The van der Waals surface area contributed by atoms with Gasteiger partial charge in [-0.25, -0.2) is 0 Å². The molecule has 60 heavy (non-hydrogen) atoms. The third kappa shape index (κ3) is 44.7. The summed E-state index contributed by atoms with van der Waals surface area (Å²) < 4.78 is 33.8. The molecule has 0 aliphatic heterocycles. The minimum Gasteiger partial charge on any atom is -0.756 e. The van der Waals surface area contributed by atoms with Gasteiger partial charge in [0, 0.05) is 12.8 Å². The van der Waals surface area contributed by atoms with Crippen LogP contribution in [0.4, 0.5) is 0 Å². The average molecular weight is 860 g/mol. The van der Waals surface area contributed by atoms with Crippen molar-refractivity contribution >= 4 is 19.8 Å². The van der Waals surface area contributed by atoms with Crippen LogP contribution in [0.1, 0.15) is 168 Å². The highest BCUT2D eigenvalue weighted by atomic mass is 31.2. The van der Waals surface area contributed by atoms with Crippen molar-refractivity contribution in [2.75, 3.05) is 47.5 Å². The quantitative estimate of drug-likeness (QED) is 0.0196. The number of nitrogens with zero attached hydrogens (tertiary/aromatic N) is 1. The van der Waals surface area contributed by atoms with E-state index in [2.05, 4.69) is 86.8 Å². The van der Waals surface area contributed by atoms with Crippen molar-refractivity contribution in [2.45, 2.75) is 174 Å². The molecule has 0 aromatic rings. The Morgan fingerprint density at radius 1 is 0.533 bits per heavy atom. The van der Waals surface area contributed by atoms with Gasteiger partial charge < -0.3 is 27.9 Å². The van der Waals surface area contributed by atoms with Crippen LogP contribution >= 0.6 is 7.82 Å². The average Bonchev–Trinajstić information content (AvgIpc) is 3.20. The van der Waals surface area contributed by atoms with Gasteiger partial charge in [-0.3, -0.25) is 14.2 Å². The lowest BCUT2D eigenvalue weighted by Crippen LogP contribution is -2.37. The molecule has 344 valence electrons. The zero-order valence-electron chi connectivity index (χ0n) is 38.6. The van der Waals surface area contributed by atoms with Crippen LogP contribution < -0.4 is 4.89 Å². The summed E-state index contributed by atoms with van der Waals surface area (Å²) in [5.41, 5.74) is 0. The van der Waals surface area contributed by atoms with E-state index in [1.807, 2.05) is 33.3 Å². The molecule has 0 heterocycles. The lowest BCUT2D eigenvalue weighted by Gasteiger charge is -2.28. The number of hydrogen-bond donors (Lipinski definition) is 0. The van der Waals surface area contributed by atoms with E-state index >= 15 is 0 Å². The third-order valence-corrected chi connectivity index (χ3v) is 10.4. The standard InChI is InChI=1S/C50H86NO8P/c1-6-8-10-12-14-16-18-20-22-24-25-27-29-31-33-35-37-39-41-43-50(53)59-48(47-58-60(54,55)57-45-44-51(3,4)5)46-56-49(52)42-40-38-36-34-32-30-28-26-23-21-19-17-15-13-11-9-7-2/h8,10,14,16,20-23,25,27,31,33,37,39,48H,6-7,9,11-13,15,17-19,24,26,28-30,32,34-36,38,40-47H2,1-5H3/b10-8-,16-14-,22-20-,23-21-,27-25-,33-31-,39-37-. The Balaban J connectivity index is 4.47. The van der Waals surface area contributed by atoms with Gasteiger partial charge in [-0.2, -0.15) is 0 Å². The highest BCUT2D eigenvalue weighted by Gasteiger charge is 2.21. The SMILES string of the molecule is CC/C=C\C/C=C\C/C=C\C/C=C\C/C=C\C/C=C\CCC(=O)OC(COC(=O)CCCCCCCCC/C=C\CCCCCCCC)COP(=O)([O-])OCC[N+](C)(C)C. The Hall–Kier alpha value is -2.81. The molecule has 0 spiro atoms. The number of allylic oxidation sites excluding steroid dienone is 14. The van der Waals surface area contributed by atoms with Crippen LogP contribution in [-0.2, 0) is 32.7 Å². The Morgan fingerprint density at radius 3 is 1.48 bits per heavy atom. The number of esters is 2. The maximum atomic E-state index is 12.7. The van der Waals surface area contributed by atoms with E-state index in [0.29, 0.717) is 23.9 Å².